The molecular weight excluding hydrogens is 193 g/mol. The standard InChI is InChI=1S/C11H12FN3/c1-15-6-5-11(14-15)13-8-9-3-2-4-10(12)7-9/h2-7H,8H2,1H3,(H,13,14). The van der Waals surface area contributed by atoms with Crippen molar-refractivity contribution in [2.45, 2.75) is 6.54 Å². The van der Waals surface area contributed by atoms with Crippen LogP contribution >= 0.6 is 0 Å². The van der Waals surface area contributed by atoms with Gasteiger partial charge in [-0.25, -0.2) is 4.39 Å². The lowest BCUT2D eigenvalue weighted by molar-refractivity contribution is 0.626. The number of nitrogens with one attached hydrogen (secondary N) is 1. The normalized spacial score (nSPS) is 10.3. The molecule has 1 N–H and O–H groups in total. The molecule has 2 rings (SSSR count). The minimum atomic E-state index is -0.213. The quantitative estimate of drug-likeness (QED) is 0.832. The van der Waals surface area contributed by atoms with Crippen molar-refractivity contribution in [3.05, 3.63) is 47.9 Å². The van der Waals surface area contributed by atoms with Crippen LogP contribution in [0.5, 0.6) is 0 Å². The summed E-state index contributed by atoms with van der Waals surface area (Å²) in [6, 6.07) is 8.39. The molecule has 4 heteroatoms. The van der Waals surface area contributed by atoms with E-state index >= 15 is 0 Å². The van der Waals surface area contributed by atoms with E-state index in [0.717, 1.165) is 11.4 Å². The maximum absolute atomic E-state index is 12.8. The number of rotatable bonds is 3. The lowest BCUT2D eigenvalue weighted by atomic mass is 10.2. The summed E-state index contributed by atoms with van der Waals surface area (Å²) in [5, 5.41) is 7.27. The number of aromatic nitrogens is 2. The van der Waals surface area contributed by atoms with E-state index in [0.29, 0.717) is 6.54 Å². The molecule has 1 heterocycles. The average Bonchev–Trinajstić information content (AvgIpc) is 2.62. The highest BCUT2D eigenvalue weighted by Crippen LogP contribution is 2.07. The molecule has 15 heavy (non-hydrogen) atoms. The second-order valence-electron chi connectivity index (χ2n) is 3.36. The van der Waals surface area contributed by atoms with Gasteiger partial charge in [-0.3, -0.25) is 4.68 Å². The molecule has 1 aromatic heterocycles. The third-order valence-electron chi connectivity index (χ3n) is 2.08. The van der Waals surface area contributed by atoms with Crippen molar-refractivity contribution in [1.82, 2.24) is 9.78 Å². The zero-order valence-electron chi connectivity index (χ0n) is 8.44. The molecule has 1 aromatic carbocycles. The molecule has 0 spiro atoms. The highest BCUT2D eigenvalue weighted by molar-refractivity contribution is 5.33. The Morgan fingerprint density at radius 3 is 2.93 bits per heavy atom. The number of hydrogen-bond acceptors (Lipinski definition) is 2. The van der Waals surface area contributed by atoms with E-state index in [2.05, 4.69) is 10.4 Å². The van der Waals surface area contributed by atoms with Crippen LogP contribution in [0.25, 0.3) is 0 Å². The monoisotopic (exact) mass is 205 g/mol. The van der Waals surface area contributed by atoms with Crippen molar-refractivity contribution in [2.75, 3.05) is 5.32 Å². The van der Waals surface area contributed by atoms with E-state index in [9.17, 15) is 4.39 Å². The van der Waals surface area contributed by atoms with Gasteiger partial charge in [-0.05, 0) is 17.7 Å². The molecule has 0 atom stereocenters. The topological polar surface area (TPSA) is 29.9 Å². The number of hydrogen-bond donors (Lipinski definition) is 1. The van der Waals surface area contributed by atoms with E-state index in [-0.39, 0.29) is 5.82 Å². The Morgan fingerprint density at radius 2 is 2.27 bits per heavy atom. The van der Waals surface area contributed by atoms with Crippen LogP contribution in [-0.2, 0) is 13.6 Å². The van der Waals surface area contributed by atoms with Gasteiger partial charge in [0.25, 0.3) is 0 Å². The zero-order chi connectivity index (χ0) is 10.7. The molecule has 2 aromatic rings. The molecule has 0 aliphatic heterocycles. The molecular formula is C11H12FN3. The predicted molar refractivity (Wildman–Crippen MR) is 56.9 cm³/mol. The van der Waals surface area contributed by atoms with Crippen LogP contribution in [0.4, 0.5) is 10.2 Å². The Kier molecular flexibility index (Phi) is 2.67. The van der Waals surface area contributed by atoms with Gasteiger partial charge in [-0.1, -0.05) is 12.1 Å². The highest BCUT2D eigenvalue weighted by Gasteiger charge is 1.97. The molecule has 0 saturated heterocycles. The number of aryl methyl sites for hydroxylation is 1. The molecule has 0 aliphatic carbocycles. The van der Waals surface area contributed by atoms with Crippen molar-refractivity contribution in [3.63, 3.8) is 0 Å². The van der Waals surface area contributed by atoms with Crippen LogP contribution in [0.3, 0.4) is 0 Å². The number of benzene rings is 1. The van der Waals surface area contributed by atoms with Crippen molar-refractivity contribution < 1.29 is 4.39 Å². The van der Waals surface area contributed by atoms with Gasteiger partial charge in [0, 0.05) is 25.9 Å². The summed E-state index contributed by atoms with van der Waals surface area (Å²) in [5.41, 5.74) is 0.903. The summed E-state index contributed by atoms with van der Waals surface area (Å²) in [7, 11) is 1.85. The van der Waals surface area contributed by atoms with Crippen molar-refractivity contribution in [2.24, 2.45) is 7.05 Å². The van der Waals surface area contributed by atoms with E-state index in [4.69, 9.17) is 0 Å². The van der Waals surface area contributed by atoms with Crippen LogP contribution in [0.15, 0.2) is 36.5 Å². The Balaban J connectivity index is 1.99. The van der Waals surface area contributed by atoms with E-state index in [1.54, 1.807) is 10.7 Å². The fourth-order valence-corrected chi connectivity index (χ4v) is 1.35. The third kappa shape index (κ3) is 2.56. The molecule has 78 valence electrons. The van der Waals surface area contributed by atoms with Crippen LogP contribution in [0.1, 0.15) is 5.56 Å². The molecule has 3 nitrogen and oxygen atoms in total. The molecule has 0 fully saturated rings. The summed E-state index contributed by atoms with van der Waals surface area (Å²) in [5.74, 6) is 0.581. The lowest BCUT2D eigenvalue weighted by Crippen LogP contribution is -2.01. The van der Waals surface area contributed by atoms with Crippen LogP contribution < -0.4 is 5.32 Å². The van der Waals surface area contributed by atoms with Crippen LogP contribution in [0.2, 0.25) is 0 Å². The molecule has 0 aliphatic rings. The predicted octanol–water partition coefficient (Wildman–Crippen LogP) is 2.17. The van der Waals surface area contributed by atoms with E-state index in [1.807, 2.05) is 25.4 Å². The summed E-state index contributed by atoms with van der Waals surface area (Å²) >= 11 is 0. The second-order valence-corrected chi connectivity index (χ2v) is 3.36. The second kappa shape index (κ2) is 4.13. The van der Waals surface area contributed by atoms with Gasteiger partial charge in [0.1, 0.15) is 11.6 Å². The van der Waals surface area contributed by atoms with Crippen molar-refractivity contribution in [1.29, 1.82) is 0 Å². The molecule has 0 unspecified atom stereocenters. The maximum atomic E-state index is 12.8. The van der Waals surface area contributed by atoms with Gasteiger partial charge in [0.15, 0.2) is 0 Å². The maximum Gasteiger partial charge on any atom is 0.148 e. The van der Waals surface area contributed by atoms with Gasteiger partial charge in [0.2, 0.25) is 0 Å². The largest absolute Gasteiger partial charge is 0.365 e. The van der Waals surface area contributed by atoms with Crippen molar-refractivity contribution >= 4 is 5.82 Å². The zero-order valence-corrected chi connectivity index (χ0v) is 8.44. The summed E-state index contributed by atoms with van der Waals surface area (Å²) in [6.07, 6.45) is 1.86. The minimum Gasteiger partial charge on any atom is -0.365 e. The smallest absolute Gasteiger partial charge is 0.148 e. The third-order valence-corrected chi connectivity index (χ3v) is 2.08. The van der Waals surface area contributed by atoms with Crippen LogP contribution in [-0.4, -0.2) is 9.78 Å². The number of nitrogens with zero attached hydrogens (tertiary/aromatic N) is 2. The first-order valence-electron chi connectivity index (χ1n) is 4.72. The Morgan fingerprint density at radius 1 is 1.40 bits per heavy atom. The van der Waals surface area contributed by atoms with Gasteiger partial charge in [0.05, 0.1) is 0 Å². The molecule has 0 bridgehead atoms. The first kappa shape index (κ1) is 9.71. The highest BCUT2D eigenvalue weighted by atomic mass is 19.1. The average molecular weight is 205 g/mol. The minimum absolute atomic E-state index is 0.213. The molecule has 0 radical (unpaired) electrons. The SMILES string of the molecule is Cn1ccc(NCc2cccc(F)c2)n1. The van der Waals surface area contributed by atoms with Gasteiger partial charge >= 0.3 is 0 Å². The van der Waals surface area contributed by atoms with E-state index in [1.165, 1.54) is 12.1 Å². The number of halogens is 1. The Hall–Kier alpha value is -1.84. The van der Waals surface area contributed by atoms with Crippen molar-refractivity contribution in [3.8, 4) is 0 Å². The fourth-order valence-electron chi connectivity index (χ4n) is 1.35. The molecule has 0 amide bonds. The Labute approximate surface area is 87.5 Å². The molecule has 0 saturated carbocycles. The Bertz CT molecular complexity index is 451. The fraction of sp³-hybridized carbons (Fsp3) is 0.182. The van der Waals surface area contributed by atoms with Crippen LogP contribution in [0, 0.1) is 5.82 Å². The summed E-state index contributed by atoms with van der Waals surface area (Å²) in [6.45, 7) is 0.578. The summed E-state index contributed by atoms with van der Waals surface area (Å²) < 4.78 is 14.6. The number of anilines is 1. The summed E-state index contributed by atoms with van der Waals surface area (Å²) in [4.78, 5) is 0. The lowest BCUT2D eigenvalue weighted by Gasteiger charge is -2.02. The first-order chi connectivity index (χ1) is 7.24. The van der Waals surface area contributed by atoms with Gasteiger partial charge in [-0.15, -0.1) is 0 Å². The van der Waals surface area contributed by atoms with Gasteiger partial charge in [-0.2, -0.15) is 5.10 Å². The van der Waals surface area contributed by atoms with Gasteiger partial charge < -0.3 is 5.32 Å². The van der Waals surface area contributed by atoms with E-state index < -0.39 is 0 Å². The first-order valence-corrected chi connectivity index (χ1v) is 4.72.